The molecule has 0 bridgehead atoms. The minimum Gasteiger partial charge on any atom is -0.330 e. The van der Waals surface area contributed by atoms with Gasteiger partial charge in [0.15, 0.2) is 0 Å². The molecule has 2 atom stereocenters. The largest absolute Gasteiger partial charge is 0.330 e. The monoisotopic (exact) mass is 210 g/mol. The van der Waals surface area contributed by atoms with Gasteiger partial charge >= 0.3 is 0 Å². The SMILES string of the molecule is CCC1(NCC2CCCC2CN)CCC1. The second-order valence-corrected chi connectivity index (χ2v) is 5.56. The smallest absolute Gasteiger partial charge is 0.0179 e. The maximum atomic E-state index is 5.81. The number of rotatable bonds is 5. The van der Waals surface area contributed by atoms with Crippen LogP contribution < -0.4 is 11.1 Å². The Balaban J connectivity index is 1.77. The van der Waals surface area contributed by atoms with Gasteiger partial charge < -0.3 is 11.1 Å². The molecule has 0 radical (unpaired) electrons. The molecule has 2 aliphatic rings. The summed E-state index contributed by atoms with van der Waals surface area (Å²) in [5.41, 5.74) is 6.33. The fourth-order valence-electron chi connectivity index (χ4n) is 3.30. The molecule has 2 rings (SSSR count). The molecular weight excluding hydrogens is 184 g/mol. The van der Waals surface area contributed by atoms with Gasteiger partial charge in [0, 0.05) is 5.54 Å². The van der Waals surface area contributed by atoms with E-state index in [1.807, 2.05) is 0 Å². The van der Waals surface area contributed by atoms with E-state index in [0.717, 1.165) is 18.4 Å². The van der Waals surface area contributed by atoms with E-state index in [0.29, 0.717) is 5.54 Å². The molecule has 15 heavy (non-hydrogen) atoms. The molecule has 88 valence electrons. The van der Waals surface area contributed by atoms with E-state index < -0.39 is 0 Å². The van der Waals surface area contributed by atoms with E-state index in [1.54, 1.807) is 0 Å². The predicted molar refractivity (Wildman–Crippen MR) is 64.8 cm³/mol. The van der Waals surface area contributed by atoms with Crippen LogP contribution in [0.1, 0.15) is 51.9 Å². The van der Waals surface area contributed by atoms with Crippen molar-refractivity contribution in [2.45, 2.75) is 57.4 Å². The molecule has 2 saturated carbocycles. The van der Waals surface area contributed by atoms with Crippen LogP contribution in [0.2, 0.25) is 0 Å². The van der Waals surface area contributed by atoms with Crippen LogP contribution in [0.3, 0.4) is 0 Å². The number of hydrogen-bond acceptors (Lipinski definition) is 2. The Bertz CT molecular complexity index is 193. The quantitative estimate of drug-likeness (QED) is 0.730. The zero-order chi connectivity index (χ0) is 10.7. The molecule has 2 nitrogen and oxygen atoms in total. The van der Waals surface area contributed by atoms with Crippen molar-refractivity contribution >= 4 is 0 Å². The van der Waals surface area contributed by atoms with Gasteiger partial charge in [-0.25, -0.2) is 0 Å². The van der Waals surface area contributed by atoms with Crippen LogP contribution in [-0.2, 0) is 0 Å². The highest BCUT2D eigenvalue weighted by atomic mass is 15.0. The van der Waals surface area contributed by atoms with Gasteiger partial charge in [0.2, 0.25) is 0 Å². The standard InChI is InChI=1S/C13H26N2/c1-2-13(7-4-8-13)15-10-12-6-3-5-11(12)9-14/h11-12,15H,2-10,14H2,1H3. The highest BCUT2D eigenvalue weighted by Crippen LogP contribution is 2.36. The number of hydrogen-bond donors (Lipinski definition) is 2. The highest BCUT2D eigenvalue weighted by molar-refractivity contribution is 4.95. The molecule has 2 aliphatic carbocycles. The molecule has 0 heterocycles. The Morgan fingerprint density at radius 3 is 2.47 bits per heavy atom. The third-order valence-electron chi connectivity index (χ3n) is 4.85. The van der Waals surface area contributed by atoms with E-state index in [4.69, 9.17) is 5.73 Å². The molecule has 2 heteroatoms. The van der Waals surface area contributed by atoms with Crippen molar-refractivity contribution in [2.75, 3.05) is 13.1 Å². The summed E-state index contributed by atoms with van der Waals surface area (Å²) in [5.74, 6) is 1.66. The molecule has 0 aromatic heterocycles. The number of nitrogens with two attached hydrogens (primary N) is 1. The van der Waals surface area contributed by atoms with Crippen molar-refractivity contribution in [3.63, 3.8) is 0 Å². The predicted octanol–water partition coefficient (Wildman–Crippen LogP) is 2.28. The molecule has 2 unspecified atom stereocenters. The van der Waals surface area contributed by atoms with E-state index in [1.165, 1.54) is 51.5 Å². The highest BCUT2D eigenvalue weighted by Gasteiger charge is 2.36. The molecule has 0 aromatic rings. The molecule has 0 aromatic carbocycles. The lowest BCUT2D eigenvalue weighted by Crippen LogP contribution is -2.52. The van der Waals surface area contributed by atoms with Crippen LogP contribution in [0, 0.1) is 11.8 Å². The fourth-order valence-corrected chi connectivity index (χ4v) is 3.30. The second-order valence-electron chi connectivity index (χ2n) is 5.56. The van der Waals surface area contributed by atoms with Crippen molar-refractivity contribution in [3.8, 4) is 0 Å². The Labute approximate surface area is 94.0 Å². The molecule has 0 saturated heterocycles. The summed E-state index contributed by atoms with van der Waals surface area (Å²) in [6, 6.07) is 0. The van der Waals surface area contributed by atoms with E-state index in [2.05, 4.69) is 12.2 Å². The first-order valence-electron chi connectivity index (χ1n) is 6.75. The third kappa shape index (κ3) is 2.36. The van der Waals surface area contributed by atoms with E-state index in [-0.39, 0.29) is 0 Å². The van der Waals surface area contributed by atoms with E-state index >= 15 is 0 Å². The third-order valence-corrected chi connectivity index (χ3v) is 4.85. The molecule has 0 aliphatic heterocycles. The second kappa shape index (κ2) is 4.84. The summed E-state index contributed by atoms with van der Waals surface area (Å²) in [5, 5.41) is 3.83. The van der Waals surface area contributed by atoms with Gasteiger partial charge in [0.1, 0.15) is 0 Å². The van der Waals surface area contributed by atoms with E-state index in [9.17, 15) is 0 Å². The minimum atomic E-state index is 0.516. The normalized spacial score (nSPS) is 34.0. The van der Waals surface area contributed by atoms with Crippen LogP contribution >= 0.6 is 0 Å². The summed E-state index contributed by atoms with van der Waals surface area (Å²) in [7, 11) is 0. The van der Waals surface area contributed by atoms with Gasteiger partial charge in [-0.1, -0.05) is 13.3 Å². The molecule has 0 amide bonds. The Morgan fingerprint density at radius 1 is 1.20 bits per heavy atom. The summed E-state index contributed by atoms with van der Waals surface area (Å²) < 4.78 is 0. The van der Waals surface area contributed by atoms with Crippen molar-refractivity contribution in [3.05, 3.63) is 0 Å². The topological polar surface area (TPSA) is 38.0 Å². The first-order chi connectivity index (χ1) is 7.29. The summed E-state index contributed by atoms with van der Waals surface area (Å²) >= 11 is 0. The Morgan fingerprint density at radius 2 is 1.93 bits per heavy atom. The van der Waals surface area contributed by atoms with Gasteiger partial charge in [0.05, 0.1) is 0 Å². The first kappa shape index (κ1) is 11.4. The molecular formula is C13H26N2. The lowest BCUT2D eigenvalue weighted by molar-refractivity contribution is 0.162. The van der Waals surface area contributed by atoms with Crippen molar-refractivity contribution in [1.29, 1.82) is 0 Å². The molecule has 3 N–H and O–H groups in total. The van der Waals surface area contributed by atoms with Crippen molar-refractivity contribution < 1.29 is 0 Å². The van der Waals surface area contributed by atoms with Crippen LogP contribution in [-0.4, -0.2) is 18.6 Å². The van der Waals surface area contributed by atoms with Gasteiger partial charge in [-0.2, -0.15) is 0 Å². The fraction of sp³-hybridized carbons (Fsp3) is 1.00. The van der Waals surface area contributed by atoms with Gasteiger partial charge in [-0.05, 0) is 63.5 Å². The lowest BCUT2D eigenvalue weighted by Gasteiger charge is -2.43. The minimum absolute atomic E-state index is 0.516. The lowest BCUT2D eigenvalue weighted by atomic mass is 9.74. The summed E-state index contributed by atoms with van der Waals surface area (Å²) in [6.45, 7) is 4.43. The summed E-state index contributed by atoms with van der Waals surface area (Å²) in [6.07, 6.45) is 9.66. The Hall–Kier alpha value is -0.0800. The van der Waals surface area contributed by atoms with Gasteiger partial charge in [0.25, 0.3) is 0 Å². The van der Waals surface area contributed by atoms with Crippen LogP contribution in [0.25, 0.3) is 0 Å². The number of nitrogens with one attached hydrogen (secondary N) is 1. The molecule has 2 fully saturated rings. The average Bonchev–Trinajstić information content (AvgIpc) is 2.64. The van der Waals surface area contributed by atoms with Crippen LogP contribution in [0.15, 0.2) is 0 Å². The Kier molecular flexibility index (Phi) is 3.68. The maximum Gasteiger partial charge on any atom is 0.0179 e. The van der Waals surface area contributed by atoms with Crippen molar-refractivity contribution in [2.24, 2.45) is 17.6 Å². The molecule has 0 spiro atoms. The van der Waals surface area contributed by atoms with Crippen molar-refractivity contribution in [1.82, 2.24) is 5.32 Å². The van der Waals surface area contributed by atoms with Crippen LogP contribution in [0.5, 0.6) is 0 Å². The average molecular weight is 210 g/mol. The van der Waals surface area contributed by atoms with Gasteiger partial charge in [-0.3, -0.25) is 0 Å². The van der Waals surface area contributed by atoms with Crippen LogP contribution in [0.4, 0.5) is 0 Å². The zero-order valence-electron chi connectivity index (χ0n) is 10.1. The summed E-state index contributed by atoms with van der Waals surface area (Å²) in [4.78, 5) is 0. The zero-order valence-corrected chi connectivity index (χ0v) is 10.1. The first-order valence-corrected chi connectivity index (χ1v) is 6.75. The maximum absolute atomic E-state index is 5.81. The van der Waals surface area contributed by atoms with Gasteiger partial charge in [-0.15, -0.1) is 0 Å².